The first-order valence-electron chi connectivity index (χ1n) is 2.80. The number of nitrogens with one attached hydrogen (secondary N) is 2. The van der Waals surface area contributed by atoms with Crippen LogP contribution in [-0.2, 0) is 4.79 Å². The van der Waals surface area contributed by atoms with Crippen LogP contribution in [-0.4, -0.2) is 30.1 Å². The van der Waals surface area contributed by atoms with Crippen molar-refractivity contribution in [3.05, 3.63) is 0 Å². The van der Waals surface area contributed by atoms with Gasteiger partial charge < -0.3 is 5.32 Å². The second kappa shape index (κ2) is 4.05. The van der Waals surface area contributed by atoms with Crippen molar-refractivity contribution in [3.8, 4) is 0 Å². The van der Waals surface area contributed by atoms with Crippen LogP contribution in [0.5, 0.6) is 0 Å². The van der Waals surface area contributed by atoms with Gasteiger partial charge in [0.25, 0.3) is 0 Å². The summed E-state index contributed by atoms with van der Waals surface area (Å²) < 4.78 is 0. The van der Waals surface area contributed by atoms with Gasteiger partial charge in [0.15, 0.2) is 5.11 Å². The largest absolute Gasteiger partial charge is 0.364 e. The fourth-order valence-corrected chi connectivity index (χ4v) is 0.424. The van der Waals surface area contributed by atoms with Gasteiger partial charge in [-0.3, -0.25) is 15.2 Å². The van der Waals surface area contributed by atoms with Gasteiger partial charge in [0.2, 0.25) is 5.91 Å². The first-order valence-corrected chi connectivity index (χ1v) is 3.21. The minimum atomic E-state index is -0.0856. The highest BCUT2D eigenvalue weighted by Gasteiger charge is 2.00. The molecule has 0 saturated heterocycles. The molecule has 0 aliphatic heterocycles. The molecule has 0 atom stereocenters. The summed E-state index contributed by atoms with van der Waals surface area (Å²) in [6, 6.07) is 0. The number of hydrazine groups is 1. The molecular formula is C5H11N3OS. The summed E-state index contributed by atoms with van der Waals surface area (Å²) in [6.45, 7) is 1.45. The van der Waals surface area contributed by atoms with Gasteiger partial charge in [-0.2, -0.15) is 0 Å². The highest BCUT2D eigenvalue weighted by Crippen LogP contribution is 1.75. The monoisotopic (exact) mass is 161 g/mol. The Kier molecular flexibility index (Phi) is 3.71. The number of amides is 1. The molecule has 2 N–H and O–H groups in total. The second-order valence-corrected chi connectivity index (χ2v) is 2.18. The lowest BCUT2D eigenvalue weighted by atomic mass is 10.7. The Morgan fingerprint density at radius 1 is 1.60 bits per heavy atom. The van der Waals surface area contributed by atoms with Crippen LogP contribution in [0.1, 0.15) is 6.92 Å². The maximum atomic E-state index is 10.6. The molecule has 0 heterocycles. The lowest BCUT2D eigenvalue weighted by Crippen LogP contribution is -2.45. The summed E-state index contributed by atoms with van der Waals surface area (Å²) in [5.41, 5.74) is 2.63. The number of thiocarbonyl (C=S) groups is 1. The van der Waals surface area contributed by atoms with Gasteiger partial charge in [0.1, 0.15) is 0 Å². The van der Waals surface area contributed by atoms with Crippen molar-refractivity contribution in [2.24, 2.45) is 0 Å². The third kappa shape index (κ3) is 3.24. The Labute approximate surface area is 65.5 Å². The van der Waals surface area contributed by atoms with Crippen molar-refractivity contribution >= 4 is 23.2 Å². The van der Waals surface area contributed by atoms with E-state index in [9.17, 15) is 4.79 Å². The van der Waals surface area contributed by atoms with E-state index in [-0.39, 0.29) is 5.91 Å². The van der Waals surface area contributed by atoms with E-state index in [1.165, 1.54) is 11.9 Å². The molecule has 0 aromatic rings. The van der Waals surface area contributed by atoms with Crippen LogP contribution in [0.4, 0.5) is 0 Å². The van der Waals surface area contributed by atoms with E-state index in [0.29, 0.717) is 5.11 Å². The van der Waals surface area contributed by atoms with Crippen molar-refractivity contribution in [2.75, 3.05) is 14.1 Å². The molecule has 0 fully saturated rings. The van der Waals surface area contributed by atoms with Crippen LogP contribution in [0.3, 0.4) is 0 Å². The Bertz CT molecular complexity index is 148. The number of carbonyl (C=O) groups excluding carboxylic acids is 1. The molecule has 0 aromatic heterocycles. The summed E-state index contributed by atoms with van der Waals surface area (Å²) in [5.74, 6) is -0.0856. The molecule has 5 heteroatoms. The van der Waals surface area contributed by atoms with Crippen LogP contribution in [0.2, 0.25) is 0 Å². The number of hydrogen-bond acceptors (Lipinski definition) is 2. The molecule has 0 aliphatic rings. The zero-order chi connectivity index (χ0) is 8.15. The molecule has 0 unspecified atom stereocenters. The van der Waals surface area contributed by atoms with Crippen molar-refractivity contribution in [2.45, 2.75) is 6.92 Å². The van der Waals surface area contributed by atoms with Gasteiger partial charge in [-0.25, -0.2) is 0 Å². The van der Waals surface area contributed by atoms with E-state index in [1.807, 2.05) is 0 Å². The fourth-order valence-electron chi connectivity index (χ4n) is 0.287. The van der Waals surface area contributed by atoms with E-state index in [2.05, 4.69) is 10.7 Å². The van der Waals surface area contributed by atoms with Crippen molar-refractivity contribution in [3.63, 3.8) is 0 Å². The lowest BCUT2D eigenvalue weighted by molar-refractivity contribution is -0.129. The van der Waals surface area contributed by atoms with Crippen LogP contribution < -0.4 is 10.7 Å². The minimum Gasteiger partial charge on any atom is -0.364 e. The first-order chi connectivity index (χ1) is 4.57. The smallest absolute Gasteiger partial charge is 0.237 e. The fraction of sp³-hybridized carbons (Fsp3) is 0.600. The average Bonchev–Trinajstić information content (AvgIpc) is 1.87. The predicted octanol–water partition coefficient (Wildman–Crippen LogP) is -0.526. The Morgan fingerprint density at radius 3 is 2.40 bits per heavy atom. The highest BCUT2D eigenvalue weighted by atomic mass is 32.1. The van der Waals surface area contributed by atoms with Crippen molar-refractivity contribution in [1.82, 2.24) is 15.8 Å². The summed E-state index contributed by atoms with van der Waals surface area (Å²) in [4.78, 5) is 10.6. The first kappa shape index (κ1) is 9.16. The lowest BCUT2D eigenvalue weighted by Gasteiger charge is -2.17. The quantitative estimate of drug-likeness (QED) is 0.370. The number of nitrogens with zero attached hydrogens (tertiary/aromatic N) is 1. The van der Waals surface area contributed by atoms with Crippen LogP contribution in [0.25, 0.3) is 0 Å². The molecule has 4 nitrogen and oxygen atoms in total. The molecule has 1 amide bonds. The number of rotatable bonds is 0. The van der Waals surface area contributed by atoms with Crippen LogP contribution in [0.15, 0.2) is 0 Å². The Hall–Kier alpha value is -0.840. The van der Waals surface area contributed by atoms with E-state index >= 15 is 0 Å². The maximum Gasteiger partial charge on any atom is 0.237 e. The standard InChI is InChI=1S/C5H11N3OS/c1-4(9)8(3)7-5(10)6-2/h1-3H3,(H2,6,7,10). The summed E-state index contributed by atoms with van der Waals surface area (Å²) >= 11 is 4.73. The van der Waals surface area contributed by atoms with Gasteiger partial charge >= 0.3 is 0 Å². The minimum absolute atomic E-state index is 0.0856. The topological polar surface area (TPSA) is 44.4 Å². The van der Waals surface area contributed by atoms with E-state index < -0.39 is 0 Å². The zero-order valence-electron chi connectivity index (χ0n) is 6.26. The molecule has 10 heavy (non-hydrogen) atoms. The van der Waals surface area contributed by atoms with Gasteiger partial charge in [-0.1, -0.05) is 0 Å². The van der Waals surface area contributed by atoms with Crippen LogP contribution >= 0.6 is 12.2 Å². The maximum absolute atomic E-state index is 10.6. The van der Waals surface area contributed by atoms with Gasteiger partial charge in [0.05, 0.1) is 0 Å². The summed E-state index contributed by atoms with van der Waals surface area (Å²) in [6.07, 6.45) is 0. The Balaban J connectivity index is 3.68. The van der Waals surface area contributed by atoms with E-state index in [4.69, 9.17) is 12.2 Å². The predicted molar refractivity (Wildman–Crippen MR) is 43.2 cm³/mol. The molecule has 0 aliphatic carbocycles. The van der Waals surface area contributed by atoms with E-state index in [0.717, 1.165) is 0 Å². The molecule has 0 saturated carbocycles. The second-order valence-electron chi connectivity index (χ2n) is 1.77. The van der Waals surface area contributed by atoms with E-state index in [1.54, 1.807) is 14.1 Å². The molecular weight excluding hydrogens is 150 g/mol. The molecule has 0 aromatic carbocycles. The third-order valence-electron chi connectivity index (χ3n) is 0.969. The zero-order valence-corrected chi connectivity index (χ0v) is 7.08. The molecule has 0 spiro atoms. The third-order valence-corrected chi connectivity index (χ3v) is 1.26. The highest BCUT2D eigenvalue weighted by molar-refractivity contribution is 7.80. The average molecular weight is 161 g/mol. The Morgan fingerprint density at radius 2 is 2.10 bits per heavy atom. The van der Waals surface area contributed by atoms with Crippen molar-refractivity contribution < 1.29 is 4.79 Å². The molecule has 0 rings (SSSR count). The molecule has 0 bridgehead atoms. The van der Waals surface area contributed by atoms with Gasteiger partial charge in [-0.05, 0) is 12.2 Å². The van der Waals surface area contributed by atoms with Gasteiger partial charge in [-0.15, -0.1) is 0 Å². The normalized spacial score (nSPS) is 8.30. The molecule has 58 valence electrons. The molecule has 0 radical (unpaired) electrons. The number of carbonyl (C=O) groups is 1. The number of hydrogen-bond donors (Lipinski definition) is 2. The summed E-state index contributed by atoms with van der Waals surface area (Å²) in [7, 11) is 3.29. The SMILES string of the molecule is CNC(=S)NN(C)C(C)=O. The summed E-state index contributed by atoms with van der Waals surface area (Å²) in [5, 5.41) is 4.41. The van der Waals surface area contributed by atoms with Gasteiger partial charge in [0, 0.05) is 21.0 Å². The van der Waals surface area contributed by atoms with Crippen molar-refractivity contribution in [1.29, 1.82) is 0 Å². The van der Waals surface area contributed by atoms with Crippen LogP contribution in [0, 0.1) is 0 Å².